The second-order valence-corrected chi connectivity index (χ2v) is 6.79. The molecule has 132 valence electrons. The molecule has 5 aromatic rings. The van der Waals surface area contributed by atoms with E-state index in [-0.39, 0.29) is 0 Å². The lowest BCUT2D eigenvalue weighted by Crippen LogP contribution is -2.03. The molecule has 0 atom stereocenters. The van der Waals surface area contributed by atoms with E-state index in [1.165, 1.54) is 16.8 Å². The lowest BCUT2D eigenvalue weighted by Gasteiger charge is -2.07. The third-order valence-electron chi connectivity index (χ3n) is 5.16. The molecule has 27 heavy (non-hydrogen) atoms. The molecule has 0 spiro atoms. The SMILES string of the molecule is Cc1c(C)n(Cc2ccccc2)c2ncn3nc(-c4ccccc4)nc3c12. The van der Waals surface area contributed by atoms with Gasteiger partial charge in [-0.3, -0.25) is 0 Å². The van der Waals surface area contributed by atoms with Gasteiger partial charge in [0.25, 0.3) is 0 Å². The van der Waals surface area contributed by atoms with Crippen LogP contribution in [-0.4, -0.2) is 24.1 Å². The smallest absolute Gasteiger partial charge is 0.182 e. The molecule has 3 heterocycles. The standard InChI is InChI=1S/C22H19N5/c1-15-16(2)26(13-17-9-5-3-6-10-17)21-19(15)22-24-20(25-27(22)14-23-21)18-11-7-4-8-12-18/h3-12,14H,13H2,1-2H3. The van der Waals surface area contributed by atoms with Gasteiger partial charge in [-0.25, -0.2) is 14.5 Å². The van der Waals surface area contributed by atoms with Crippen molar-refractivity contribution in [3.8, 4) is 11.4 Å². The number of hydrogen-bond donors (Lipinski definition) is 0. The Balaban J connectivity index is 1.72. The molecule has 0 fully saturated rings. The van der Waals surface area contributed by atoms with Crippen molar-refractivity contribution in [2.45, 2.75) is 20.4 Å². The van der Waals surface area contributed by atoms with Crippen molar-refractivity contribution in [2.75, 3.05) is 0 Å². The van der Waals surface area contributed by atoms with Crippen molar-refractivity contribution in [3.05, 3.63) is 83.8 Å². The van der Waals surface area contributed by atoms with E-state index in [0.29, 0.717) is 0 Å². The minimum atomic E-state index is 0.720. The average molecular weight is 353 g/mol. The minimum absolute atomic E-state index is 0.720. The van der Waals surface area contributed by atoms with E-state index >= 15 is 0 Å². The predicted octanol–water partition coefficient (Wildman–Crippen LogP) is 4.41. The monoisotopic (exact) mass is 353 g/mol. The molecule has 0 amide bonds. The van der Waals surface area contributed by atoms with Crippen LogP contribution in [0, 0.1) is 13.8 Å². The summed E-state index contributed by atoms with van der Waals surface area (Å²) in [4.78, 5) is 9.55. The van der Waals surface area contributed by atoms with Gasteiger partial charge in [-0.05, 0) is 25.0 Å². The lowest BCUT2D eigenvalue weighted by molar-refractivity contribution is 0.787. The van der Waals surface area contributed by atoms with Gasteiger partial charge in [0.1, 0.15) is 12.0 Å². The van der Waals surface area contributed by atoms with Crippen LogP contribution in [0.4, 0.5) is 0 Å². The Morgan fingerprint density at radius 2 is 1.56 bits per heavy atom. The number of benzene rings is 2. The first-order chi connectivity index (χ1) is 13.2. The highest BCUT2D eigenvalue weighted by Crippen LogP contribution is 2.28. The molecule has 0 radical (unpaired) electrons. The summed E-state index contributed by atoms with van der Waals surface area (Å²) in [5.41, 5.74) is 6.47. The highest BCUT2D eigenvalue weighted by molar-refractivity contribution is 5.94. The fraction of sp³-hybridized carbons (Fsp3) is 0.136. The van der Waals surface area contributed by atoms with Gasteiger partial charge in [-0.2, -0.15) is 0 Å². The zero-order chi connectivity index (χ0) is 18.4. The van der Waals surface area contributed by atoms with Gasteiger partial charge < -0.3 is 4.57 Å². The Labute approximate surface area is 156 Å². The maximum Gasteiger partial charge on any atom is 0.182 e. The molecule has 0 bridgehead atoms. The van der Waals surface area contributed by atoms with E-state index in [4.69, 9.17) is 9.97 Å². The number of rotatable bonds is 3. The quantitative estimate of drug-likeness (QED) is 0.483. The van der Waals surface area contributed by atoms with Crippen LogP contribution in [0.3, 0.4) is 0 Å². The summed E-state index contributed by atoms with van der Waals surface area (Å²) >= 11 is 0. The summed E-state index contributed by atoms with van der Waals surface area (Å²) in [7, 11) is 0. The topological polar surface area (TPSA) is 48.0 Å². The molecule has 0 aliphatic carbocycles. The van der Waals surface area contributed by atoms with Gasteiger partial charge in [-0.1, -0.05) is 60.7 Å². The maximum absolute atomic E-state index is 4.83. The van der Waals surface area contributed by atoms with Gasteiger partial charge in [0, 0.05) is 17.8 Å². The van der Waals surface area contributed by atoms with Gasteiger partial charge in [-0.15, -0.1) is 5.10 Å². The zero-order valence-electron chi connectivity index (χ0n) is 15.3. The van der Waals surface area contributed by atoms with Crippen molar-refractivity contribution < 1.29 is 0 Å². The predicted molar refractivity (Wildman–Crippen MR) is 107 cm³/mol. The Morgan fingerprint density at radius 1 is 0.852 bits per heavy atom. The molecule has 0 saturated carbocycles. The fourth-order valence-corrected chi connectivity index (χ4v) is 3.60. The zero-order valence-corrected chi connectivity index (χ0v) is 15.3. The minimum Gasteiger partial charge on any atom is -0.325 e. The van der Waals surface area contributed by atoms with Crippen LogP contribution in [0.15, 0.2) is 67.0 Å². The summed E-state index contributed by atoms with van der Waals surface area (Å²) in [5, 5.41) is 5.70. The van der Waals surface area contributed by atoms with Crippen LogP contribution in [0.2, 0.25) is 0 Å². The van der Waals surface area contributed by atoms with Crippen LogP contribution in [0.25, 0.3) is 28.1 Å². The third kappa shape index (κ3) is 2.51. The largest absolute Gasteiger partial charge is 0.325 e. The van der Waals surface area contributed by atoms with E-state index in [1.54, 1.807) is 10.8 Å². The molecule has 5 heteroatoms. The first kappa shape index (κ1) is 15.8. The molecule has 0 aliphatic rings. The Bertz CT molecular complexity index is 1250. The van der Waals surface area contributed by atoms with E-state index in [9.17, 15) is 0 Å². The summed E-state index contributed by atoms with van der Waals surface area (Å²) in [6.45, 7) is 5.07. The fourth-order valence-electron chi connectivity index (χ4n) is 3.60. The number of fused-ring (bicyclic) bond motifs is 3. The van der Waals surface area contributed by atoms with Crippen LogP contribution >= 0.6 is 0 Å². The van der Waals surface area contributed by atoms with Gasteiger partial charge in [0.05, 0.1) is 5.39 Å². The molecule has 5 rings (SSSR count). The molecule has 0 aliphatic heterocycles. The van der Waals surface area contributed by atoms with E-state index in [0.717, 1.165) is 34.6 Å². The number of aromatic nitrogens is 5. The second-order valence-electron chi connectivity index (χ2n) is 6.79. The highest BCUT2D eigenvalue weighted by atomic mass is 15.3. The van der Waals surface area contributed by atoms with Crippen molar-refractivity contribution in [3.63, 3.8) is 0 Å². The molecular formula is C22H19N5. The molecule has 5 nitrogen and oxygen atoms in total. The van der Waals surface area contributed by atoms with Gasteiger partial charge >= 0.3 is 0 Å². The molecule has 2 aromatic carbocycles. The number of aryl methyl sites for hydroxylation is 1. The Hall–Kier alpha value is -3.47. The number of hydrogen-bond acceptors (Lipinski definition) is 3. The maximum atomic E-state index is 4.83. The summed E-state index contributed by atoms with van der Waals surface area (Å²) in [6.07, 6.45) is 1.76. The summed E-state index contributed by atoms with van der Waals surface area (Å²) in [5.74, 6) is 0.720. The Morgan fingerprint density at radius 3 is 2.30 bits per heavy atom. The molecule has 3 aromatic heterocycles. The van der Waals surface area contributed by atoms with Crippen LogP contribution in [0.5, 0.6) is 0 Å². The average Bonchev–Trinajstić information content (AvgIpc) is 3.25. The molecule has 0 unspecified atom stereocenters. The van der Waals surface area contributed by atoms with Crippen molar-refractivity contribution in [2.24, 2.45) is 0 Å². The van der Waals surface area contributed by atoms with Crippen LogP contribution in [0.1, 0.15) is 16.8 Å². The lowest BCUT2D eigenvalue weighted by atomic mass is 10.2. The molecule has 0 saturated heterocycles. The van der Waals surface area contributed by atoms with E-state index < -0.39 is 0 Å². The Kier molecular flexibility index (Phi) is 3.53. The van der Waals surface area contributed by atoms with Crippen LogP contribution < -0.4 is 0 Å². The first-order valence-electron chi connectivity index (χ1n) is 9.02. The number of nitrogens with zero attached hydrogens (tertiary/aromatic N) is 5. The van der Waals surface area contributed by atoms with E-state index in [1.807, 2.05) is 36.4 Å². The van der Waals surface area contributed by atoms with Crippen molar-refractivity contribution in [1.29, 1.82) is 0 Å². The summed E-state index contributed by atoms with van der Waals surface area (Å²) < 4.78 is 4.04. The van der Waals surface area contributed by atoms with Crippen LogP contribution in [-0.2, 0) is 6.54 Å². The van der Waals surface area contributed by atoms with E-state index in [2.05, 4.69) is 47.8 Å². The molecule has 0 N–H and O–H groups in total. The summed E-state index contributed by atoms with van der Waals surface area (Å²) in [6, 6.07) is 20.5. The van der Waals surface area contributed by atoms with Crippen molar-refractivity contribution >= 4 is 16.7 Å². The third-order valence-corrected chi connectivity index (χ3v) is 5.16. The van der Waals surface area contributed by atoms with Crippen molar-refractivity contribution in [1.82, 2.24) is 24.1 Å². The normalized spacial score (nSPS) is 11.5. The highest BCUT2D eigenvalue weighted by Gasteiger charge is 2.18. The van der Waals surface area contributed by atoms with Gasteiger partial charge in [0.2, 0.25) is 0 Å². The van der Waals surface area contributed by atoms with Gasteiger partial charge in [0.15, 0.2) is 11.5 Å². The first-order valence-corrected chi connectivity index (χ1v) is 9.02. The second kappa shape index (κ2) is 6.06. The molecular weight excluding hydrogens is 334 g/mol.